The zero-order chi connectivity index (χ0) is 14.1. The number of hydrogen-bond donors (Lipinski definition) is 1. The quantitative estimate of drug-likeness (QED) is 0.580. The maximum Gasteiger partial charge on any atom is 1.00 e. The van der Waals surface area contributed by atoms with Gasteiger partial charge in [0.05, 0.1) is 5.69 Å². The van der Waals surface area contributed by atoms with E-state index in [1.807, 2.05) is 0 Å². The van der Waals surface area contributed by atoms with Crippen LogP contribution in [0.4, 0.5) is 0 Å². The molecule has 6 heteroatoms. The van der Waals surface area contributed by atoms with Crippen LogP contribution >= 0.6 is 0 Å². The van der Waals surface area contributed by atoms with Gasteiger partial charge < -0.3 is 19.4 Å². The number of rotatable bonds is 3. The molecule has 0 saturated carbocycles. The molecule has 1 atom stereocenters. The Bertz CT molecular complexity index is 770. The van der Waals surface area contributed by atoms with E-state index in [4.69, 9.17) is 4.42 Å². The third kappa shape index (κ3) is 3.16. The van der Waals surface area contributed by atoms with E-state index in [1.54, 1.807) is 42.6 Å². The van der Waals surface area contributed by atoms with Crippen molar-refractivity contribution in [3.8, 4) is 0 Å². The van der Waals surface area contributed by atoms with Gasteiger partial charge in [-0.3, -0.25) is 4.98 Å². The third-order valence-electron chi connectivity index (χ3n) is 3.03. The standard InChI is InChI=1S/C15H11NO4.Na/c17-14(11-3-1-2-6-16-11)9-4-5-12-10(7-9)8-13(20-12)15(18)19;/h1-8,14,17H,(H,18,19);/q;+1/p-1. The molecule has 0 amide bonds. The maximum absolute atomic E-state index is 10.7. The fraction of sp³-hybridized carbons (Fsp3) is 0.0667. The molecule has 0 aliphatic rings. The summed E-state index contributed by atoms with van der Waals surface area (Å²) in [7, 11) is 0. The number of benzene rings is 1. The second-order valence-electron chi connectivity index (χ2n) is 4.35. The summed E-state index contributed by atoms with van der Waals surface area (Å²) in [6.45, 7) is 0. The number of aliphatic hydroxyl groups is 1. The number of furan rings is 1. The van der Waals surface area contributed by atoms with Crippen LogP contribution in [0.5, 0.6) is 0 Å². The SMILES string of the molecule is O=C([O-])c1cc2cc(C(O)c3ccccn3)ccc2o1.[Na+]. The molecule has 3 rings (SSSR count). The Kier molecular flexibility index (Phi) is 4.80. The van der Waals surface area contributed by atoms with Crippen molar-refractivity contribution >= 4 is 16.9 Å². The van der Waals surface area contributed by atoms with Gasteiger partial charge in [-0.25, -0.2) is 0 Å². The van der Waals surface area contributed by atoms with E-state index in [0.29, 0.717) is 22.2 Å². The molecule has 3 aromatic rings. The number of aliphatic hydroxyl groups excluding tert-OH is 1. The van der Waals surface area contributed by atoms with Gasteiger partial charge in [0.2, 0.25) is 0 Å². The molecule has 0 saturated heterocycles. The zero-order valence-corrected chi connectivity index (χ0v) is 13.3. The van der Waals surface area contributed by atoms with E-state index in [1.165, 1.54) is 6.07 Å². The Morgan fingerprint density at radius 1 is 1.24 bits per heavy atom. The summed E-state index contributed by atoms with van der Waals surface area (Å²) in [6.07, 6.45) is 0.727. The number of carbonyl (C=O) groups is 1. The molecule has 0 aliphatic heterocycles. The first-order chi connectivity index (χ1) is 9.65. The molecule has 1 aromatic carbocycles. The molecule has 1 unspecified atom stereocenters. The van der Waals surface area contributed by atoms with Crippen LogP contribution in [-0.4, -0.2) is 16.1 Å². The number of carboxylic acid groups (broad SMARTS) is 1. The topological polar surface area (TPSA) is 86.4 Å². The smallest absolute Gasteiger partial charge is 0.542 e. The maximum atomic E-state index is 10.7. The van der Waals surface area contributed by atoms with E-state index in [9.17, 15) is 15.0 Å². The Morgan fingerprint density at radius 2 is 2.05 bits per heavy atom. The zero-order valence-electron chi connectivity index (χ0n) is 11.3. The summed E-state index contributed by atoms with van der Waals surface area (Å²) in [5.74, 6) is -1.60. The number of carboxylic acids is 1. The summed E-state index contributed by atoms with van der Waals surface area (Å²) in [4.78, 5) is 14.8. The number of fused-ring (bicyclic) bond motifs is 1. The third-order valence-corrected chi connectivity index (χ3v) is 3.03. The Hall–Kier alpha value is -1.66. The van der Waals surface area contributed by atoms with Gasteiger partial charge in [-0.1, -0.05) is 12.1 Å². The average molecular weight is 291 g/mol. The molecule has 2 heterocycles. The molecule has 0 spiro atoms. The van der Waals surface area contributed by atoms with E-state index in [-0.39, 0.29) is 35.3 Å². The van der Waals surface area contributed by atoms with Gasteiger partial charge >= 0.3 is 29.6 Å². The van der Waals surface area contributed by atoms with Gasteiger partial charge in [-0.15, -0.1) is 0 Å². The minimum absolute atomic E-state index is 0. The molecule has 0 aliphatic carbocycles. The van der Waals surface area contributed by atoms with Gasteiger partial charge in [0, 0.05) is 11.6 Å². The second-order valence-corrected chi connectivity index (χ2v) is 4.35. The summed E-state index contributed by atoms with van der Waals surface area (Å²) < 4.78 is 5.11. The number of carbonyl (C=O) groups excluding carboxylic acids is 1. The first-order valence-electron chi connectivity index (χ1n) is 5.99. The van der Waals surface area contributed by atoms with Crippen molar-refractivity contribution in [3.05, 3.63) is 65.7 Å². The largest absolute Gasteiger partial charge is 1.00 e. The van der Waals surface area contributed by atoms with Crippen molar-refractivity contribution in [3.63, 3.8) is 0 Å². The Labute approximate surface area is 142 Å². The number of aromatic carboxylic acids is 1. The van der Waals surface area contributed by atoms with E-state index >= 15 is 0 Å². The fourth-order valence-electron chi connectivity index (χ4n) is 2.04. The minimum atomic E-state index is -1.37. The van der Waals surface area contributed by atoms with E-state index in [0.717, 1.165) is 0 Å². The number of pyridine rings is 1. The number of aromatic nitrogens is 1. The fourth-order valence-corrected chi connectivity index (χ4v) is 2.04. The van der Waals surface area contributed by atoms with Crippen molar-refractivity contribution in [1.82, 2.24) is 4.98 Å². The molecular formula is C15H10NNaO4. The minimum Gasteiger partial charge on any atom is -0.542 e. The molecular weight excluding hydrogens is 281 g/mol. The van der Waals surface area contributed by atoms with E-state index < -0.39 is 12.1 Å². The molecule has 0 radical (unpaired) electrons. The van der Waals surface area contributed by atoms with Crippen LogP contribution < -0.4 is 34.7 Å². The van der Waals surface area contributed by atoms with Crippen LogP contribution in [-0.2, 0) is 0 Å². The van der Waals surface area contributed by atoms with Crippen LogP contribution in [0.15, 0.2) is 53.1 Å². The number of nitrogens with zero attached hydrogens (tertiary/aromatic N) is 1. The normalized spacial score (nSPS) is 11.9. The molecule has 2 aromatic heterocycles. The van der Waals surface area contributed by atoms with E-state index in [2.05, 4.69) is 4.98 Å². The van der Waals surface area contributed by atoms with Gasteiger partial charge in [-0.05, 0) is 35.9 Å². The van der Waals surface area contributed by atoms with Crippen molar-refractivity contribution in [2.24, 2.45) is 0 Å². The van der Waals surface area contributed by atoms with Crippen molar-refractivity contribution < 1.29 is 49.0 Å². The van der Waals surface area contributed by atoms with Crippen molar-refractivity contribution in [1.29, 1.82) is 0 Å². The predicted octanol–water partition coefficient (Wildman–Crippen LogP) is -1.72. The van der Waals surface area contributed by atoms with Crippen molar-refractivity contribution in [2.45, 2.75) is 6.10 Å². The molecule has 5 nitrogen and oxygen atoms in total. The van der Waals surface area contributed by atoms with Crippen LogP contribution in [0.3, 0.4) is 0 Å². The second kappa shape index (κ2) is 6.41. The summed E-state index contributed by atoms with van der Waals surface area (Å²) in [6, 6.07) is 11.6. The van der Waals surface area contributed by atoms with Crippen LogP contribution in [0, 0.1) is 0 Å². The first-order valence-corrected chi connectivity index (χ1v) is 5.99. The van der Waals surface area contributed by atoms with Crippen LogP contribution in [0.2, 0.25) is 0 Å². The monoisotopic (exact) mass is 291 g/mol. The van der Waals surface area contributed by atoms with Gasteiger partial charge in [0.15, 0.2) is 5.76 Å². The van der Waals surface area contributed by atoms with Crippen LogP contribution in [0.25, 0.3) is 11.0 Å². The number of hydrogen-bond acceptors (Lipinski definition) is 5. The molecule has 1 N–H and O–H groups in total. The molecule has 100 valence electrons. The molecule has 0 fully saturated rings. The van der Waals surface area contributed by atoms with Gasteiger partial charge in [0.25, 0.3) is 0 Å². The average Bonchev–Trinajstić information content (AvgIpc) is 2.90. The summed E-state index contributed by atoms with van der Waals surface area (Å²) >= 11 is 0. The predicted molar refractivity (Wildman–Crippen MR) is 68.8 cm³/mol. The van der Waals surface area contributed by atoms with Gasteiger partial charge in [0.1, 0.15) is 17.7 Å². The molecule has 21 heavy (non-hydrogen) atoms. The Morgan fingerprint density at radius 3 is 2.71 bits per heavy atom. The van der Waals surface area contributed by atoms with Crippen molar-refractivity contribution in [2.75, 3.05) is 0 Å². The summed E-state index contributed by atoms with van der Waals surface area (Å²) in [5.41, 5.74) is 1.57. The Balaban J connectivity index is 0.00000161. The van der Waals surface area contributed by atoms with Crippen LogP contribution in [0.1, 0.15) is 27.9 Å². The summed E-state index contributed by atoms with van der Waals surface area (Å²) in [5, 5.41) is 21.6. The first kappa shape index (κ1) is 15.7. The van der Waals surface area contributed by atoms with Gasteiger partial charge in [-0.2, -0.15) is 0 Å². The molecule has 0 bridgehead atoms.